The van der Waals surface area contributed by atoms with Crippen LogP contribution in [0.1, 0.15) is 37.0 Å². The Labute approximate surface area is 185 Å². The quantitative estimate of drug-likeness (QED) is 0.761. The minimum Gasteiger partial charge on any atom is -0.438 e. The Morgan fingerprint density at radius 1 is 1.13 bits per heavy atom. The zero-order valence-corrected chi connectivity index (χ0v) is 18.0. The van der Waals surface area contributed by atoms with E-state index in [0.29, 0.717) is 29.4 Å². The van der Waals surface area contributed by atoms with Crippen LogP contribution in [0, 0.1) is 0 Å². The maximum absolute atomic E-state index is 13.5. The highest BCUT2D eigenvalue weighted by Crippen LogP contribution is 2.36. The lowest BCUT2D eigenvalue weighted by molar-refractivity contribution is -0.135. The summed E-state index contributed by atoms with van der Waals surface area (Å²) in [5.74, 6) is -0.326. The summed E-state index contributed by atoms with van der Waals surface area (Å²) in [6, 6.07) is 13.5. The van der Waals surface area contributed by atoms with Gasteiger partial charge in [-0.3, -0.25) is 14.5 Å². The highest BCUT2D eigenvalue weighted by molar-refractivity contribution is 6.30. The van der Waals surface area contributed by atoms with Gasteiger partial charge >= 0.3 is 6.09 Å². The van der Waals surface area contributed by atoms with Crippen LogP contribution in [-0.4, -0.2) is 46.8 Å². The Kier molecular flexibility index (Phi) is 6.13. The number of carbonyl (C=O) groups is 3. The average Bonchev–Trinajstić information content (AvgIpc) is 3.36. The Morgan fingerprint density at radius 2 is 1.87 bits per heavy atom. The third-order valence-corrected chi connectivity index (χ3v) is 5.77. The number of likely N-dealkylation sites (tertiary alicyclic amines) is 1. The fourth-order valence-corrected chi connectivity index (χ4v) is 4.36. The number of hydrogen-bond acceptors (Lipinski definition) is 4. The van der Waals surface area contributed by atoms with Crippen molar-refractivity contribution in [2.75, 3.05) is 18.4 Å². The summed E-state index contributed by atoms with van der Waals surface area (Å²) < 4.78 is 5.71. The smallest absolute Gasteiger partial charge is 0.411 e. The van der Waals surface area contributed by atoms with E-state index in [1.807, 2.05) is 12.1 Å². The SMILES string of the molecule is CC(=O)Nc1cccc(C2OC(=O)N(Cc3cccc(Cl)c3)C2C(=O)N2CCCC2)c1. The predicted molar refractivity (Wildman–Crippen MR) is 117 cm³/mol. The molecular formula is C23H24ClN3O4. The minimum atomic E-state index is -0.794. The lowest BCUT2D eigenvalue weighted by Gasteiger charge is -2.28. The first-order valence-electron chi connectivity index (χ1n) is 10.3. The predicted octanol–water partition coefficient (Wildman–Crippen LogP) is 3.98. The molecule has 1 N–H and O–H groups in total. The molecule has 162 valence electrons. The van der Waals surface area contributed by atoms with Crippen LogP contribution in [0.4, 0.5) is 10.5 Å². The van der Waals surface area contributed by atoms with Crippen molar-refractivity contribution in [2.24, 2.45) is 0 Å². The summed E-state index contributed by atoms with van der Waals surface area (Å²) in [7, 11) is 0. The van der Waals surface area contributed by atoms with Crippen molar-refractivity contribution in [3.63, 3.8) is 0 Å². The third kappa shape index (κ3) is 4.66. The lowest BCUT2D eigenvalue weighted by atomic mass is 9.99. The van der Waals surface area contributed by atoms with Gasteiger partial charge in [0.1, 0.15) is 0 Å². The van der Waals surface area contributed by atoms with Gasteiger partial charge in [-0.15, -0.1) is 0 Å². The van der Waals surface area contributed by atoms with E-state index in [-0.39, 0.29) is 18.4 Å². The van der Waals surface area contributed by atoms with Crippen LogP contribution < -0.4 is 5.32 Å². The molecule has 2 saturated heterocycles. The van der Waals surface area contributed by atoms with Crippen molar-refractivity contribution >= 4 is 35.2 Å². The monoisotopic (exact) mass is 441 g/mol. The molecule has 0 saturated carbocycles. The van der Waals surface area contributed by atoms with Gasteiger partial charge in [0.2, 0.25) is 11.8 Å². The second-order valence-electron chi connectivity index (χ2n) is 7.85. The van der Waals surface area contributed by atoms with Gasteiger partial charge in [-0.2, -0.15) is 0 Å². The summed E-state index contributed by atoms with van der Waals surface area (Å²) >= 11 is 6.11. The molecule has 7 nitrogen and oxygen atoms in total. The summed E-state index contributed by atoms with van der Waals surface area (Å²) in [4.78, 5) is 41.1. The molecule has 3 amide bonds. The second-order valence-corrected chi connectivity index (χ2v) is 8.28. The fourth-order valence-electron chi connectivity index (χ4n) is 4.15. The fraction of sp³-hybridized carbons (Fsp3) is 0.348. The van der Waals surface area contributed by atoms with Crippen molar-refractivity contribution in [3.05, 3.63) is 64.7 Å². The topological polar surface area (TPSA) is 79.0 Å². The zero-order chi connectivity index (χ0) is 22.0. The Hall–Kier alpha value is -3.06. The van der Waals surface area contributed by atoms with Gasteiger partial charge in [-0.05, 0) is 48.2 Å². The van der Waals surface area contributed by atoms with Crippen molar-refractivity contribution in [1.29, 1.82) is 0 Å². The summed E-state index contributed by atoms with van der Waals surface area (Å²) in [6.07, 6.45) is 0.579. The standard InChI is InChI=1S/C23H24ClN3O4/c1-15(28)25-19-9-5-7-17(13-19)21-20(22(29)26-10-2-3-11-26)27(23(30)31-21)14-16-6-4-8-18(24)12-16/h4-9,12-13,20-21H,2-3,10-11,14H2,1H3,(H,25,28). The number of carbonyl (C=O) groups excluding carboxylic acids is 3. The molecule has 8 heteroatoms. The molecule has 4 rings (SSSR count). The molecular weight excluding hydrogens is 418 g/mol. The van der Waals surface area contributed by atoms with Gasteiger partial charge in [0.05, 0.1) is 6.54 Å². The third-order valence-electron chi connectivity index (χ3n) is 5.53. The maximum atomic E-state index is 13.5. The van der Waals surface area contributed by atoms with Crippen LogP contribution in [0.25, 0.3) is 0 Å². The van der Waals surface area contributed by atoms with Gasteiger partial charge < -0.3 is 15.0 Å². The first-order chi connectivity index (χ1) is 14.9. The number of hydrogen-bond donors (Lipinski definition) is 1. The summed E-state index contributed by atoms with van der Waals surface area (Å²) in [5.41, 5.74) is 2.06. The number of ether oxygens (including phenoxy) is 1. The molecule has 2 aromatic carbocycles. The second kappa shape index (κ2) is 8.98. The van der Waals surface area contributed by atoms with Crippen molar-refractivity contribution in [1.82, 2.24) is 9.80 Å². The van der Waals surface area contributed by atoms with E-state index in [4.69, 9.17) is 16.3 Å². The lowest BCUT2D eigenvalue weighted by Crippen LogP contribution is -2.47. The van der Waals surface area contributed by atoms with E-state index in [9.17, 15) is 14.4 Å². The van der Waals surface area contributed by atoms with Gasteiger partial charge in [0, 0.05) is 30.7 Å². The van der Waals surface area contributed by atoms with Crippen LogP contribution in [0.5, 0.6) is 0 Å². The van der Waals surface area contributed by atoms with E-state index in [2.05, 4.69) is 5.32 Å². The van der Waals surface area contributed by atoms with Crippen LogP contribution >= 0.6 is 11.6 Å². The average molecular weight is 442 g/mol. The Morgan fingerprint density at radius 3 is 2.58 bits per heavy atom. The van der Waals surface area contributed by atoms with Crippen molar-refractivity contribution in [3.8, 4) is 0 Å². The van der Waals surface area contributed by atoms with Gasteiger partial charge in [0.25, 0.3) is 0 Å². The van der Waals surface area contributed by atoms with Crippen LogP contribution in [0.3, 0.4) is 0 Å². The molecule has 0 spiro atoms. The molecule has 0 aromatic heterocycles. The van der Waals surface area contributed by atoms with Crippen LogP contribution in [-0.2, 0) is 20.9 Å². The highest BCUT2D eigenvalue weighted by atomic mass is 35.5. The Bertz CT molecular complexity index is 1010. The molecule has 0 aliphatic carbocycles. The van der Waals surface area contributed by atoms with E-state index < -0.39 is 18.2 Å². The van der Waals surface area contributed by atoms with Crippen LogP contribution in [0.15, 0.2) is 48.5 Å². The number of halogens is 1. The molecule has 2 atom stereocenters. The molecule has 2 heterocycles. The van der Waals surface area contributed by atoms with E-state index in [0.717, 1.165) is 18.4 Å². The maximum Gasteiger partial charge on any atom is 0.411 e. The van der Waals surface area contributed by atoms with Gasteiger partial charge in [-0.1, -0.05) is 35.9 Å². The number of rotatable bonds is 5. The first kappa shape index (κ1) is 21.2. The van der Waals surface area contributed by atoms with Crippen LogP contribution in [0.2, 0.25) is 5.02 Å². The van der Waals surface area contributed by atoms with E-state index in [1.165, 1.54) is 11.8 Å². The number of nitrogens with one attached hydrogen (secondary N) is 1. The first-order valence-corrected chi connectivity index (χ1v) is 10.7. The zero-order valence-electron chi connectivity index (χ0n) is 17.2. The molecule has 2 aliphatic rings. The Balaban J connectivity index is 1.67. The molecule has 0 radical (unpaired) electrons. The largest absolute Gasteiger partial charge is 0.438 e. The number of amides is 3. The van der Waals surface area contributed by atoms with E-state index in [1.54, 1.807) is 41.3 Å². The number of cyclic esters (lactones) is 1. The number of nitrogens with zero attached hydrogens (tertiary/aromatic N) is 2. The summed E-state index contributed by atoms with van der Waals surface area (Å²) in [5, 5.41) is 3.30. The molecule has 2 fully saturated rings. The number of benzene rings is 2. The molecule has 2 aliphatic heterocycles. The summed E-state index contributed by atoms with van der Waals surface area (Å²) in [6.45, 7) is 2.99. The van der Waals surface area contributed by atoms with Gasteiger partial charge in [0.15, 0.2) is 12.1 Å². The molecule has 2 aromatic rings. The molecule has 0 bridgehead atoms. The molecule has 2 unspecified atom stereocenters. The highest BCUT2D eigenvalue weighted by Gasteiger charge is 2.48. The van der Waals surface area contributed by atoms with E-state index >= 15 is 0 Å². The minimum absolute atomic E-state index is 0.125. The number of anilines is 1. The normalized spacial score (nSPS) is 20.6. The molecule has 31 heavy (non-hydrogen) atoms. The van der Waals surface area contributed by atoms with Crippen molar-refractivity contribution in [2.45, 2.75) is 38.5 Å². The van der Waals surface area contributed by atoms with Crippen molar-refractivity contribution < 1.29 is 19.1 Å². The van der Waals surface area contributed by atoms with Gasteiger partial charge in [-0.25, -0.2) is 4.79 Å².